The van der Waals surface area contributed by atoms with Crippen LogP contribution in [0.25, 0.3) is 0 Å². The number of rotatable bonds is 4. The molecule has 19 heavy (non-hydrogen) atoms. The second kappa shape index (κ2) is 6.12. The van der Waals surface area contributed by atoms with Crippen LogP contribution in [0.5, 0.6) is 5.75 Å². The van der Waals surface area contributed by atoms with Gasteiger partial charge in [0.2, 0.25) is 0 Å². The van der Waals surface area contributed by atoms with Crippen LogP contribution in [0.15, 0.2) is 18.2 Å². The van der Waals surface area contributed by atoms with Gasteiger partial charge < -0.3 is 10.1 Å². The Morgan fingerprint density at radius 2 is 2.11 bits per heavy atom. The minimum atomic E-state index is -0.420. The maximum absolute atomic E-state index is 13.3. The van der Waals surface area contributed by atoms with Gasteiger partial charge >= 0.3 is 0 Å². The van der Waals surface area contributed by atoms with Gasteiger partial charge in [0.25, 0.3) is 0 Å². The molecule has 1 unspecified atom stereocenters. The smallest absolute Gasteiger partial charge is 0.183 e. The molecule has 1 aromatic carbocycles. The van der Waals surface area contributed by atoms with Crippen molar-refractivity contribution in [2.24, 2.45) is 0 Å². The van der Waals surface area contributed by atoms with Crippen LogP contribution in [0.4, 0.5) is 4.39 Å². The minimum Gasteiger partial charge on any atom is -0.496 e. The highest BCUT2D eigenvalue weighted by Gasteiger charge is 2.26. The number of carbonyl (C=O) groups excluding carboxylic acids is 1. The van der Waals surface area contributed by atoms with Crippen molar-refractivity contribution >= 4 is 5.78 Å². The normalized spacial score (nSPS) is 18.1. The van der Waals surface area contributed by atoms with E-state index in [9.17, 15) is 9.18 Å². The van der Waals surface area contributed by atoms with Crippen LogP contribution in [0, 0.1) is 5.82 Å². The third kappa shape index (κ3) is 3.11. The van der Waals surface area contributed by atoms with Crippen molar-refractivity contribution in [3.05, 3.63) is 29.6 Å². The highest BCUT2D eigenvalue weighted by Crippen LogP contribution is 2.22. The van der Waals surface area contributed by atoms with E-state index in [2.05, 4.69) is 10.2 Å². The van der Waals surface area contributed by atoms with E-state index in [1.165, 1.54) is 25.3 Å². The zero-order valence-corrected chi connectivity index (χ0v) is 11.3. The molecule has 1 aliphatic heterocycles. The average Bonchev–Trinajstić information content (AvgIpc) is 2.46. The minimum absolute atomic E-state index is 0.0988. The molecule has 1 aliphatic rings. The Bertz CT molecular complexity index is 459. The molecule has 0 aromatic heterocycles. The third-order valence-electron chi connectivity index (χ3n) is 3.51. The number of hydrogen-bond acceptors (Lipinski definition) is 4. The van der Waals surface area contributed by atoms with Gasteiger partial charge in [-0.2, -0.15) is 0 Å². The van der Waals surface area contributed by atoms with Crippen LogP contribution >= 0.6 is 0 Å². The molecule has 1 saturated heterocycles. The standard InChI is InChI=1S/C14H19FN2O2/c1-10(17-7-5-16-6-8-17)14(18)12-9-11(15)3-4-13(12)19-2/h3-4,9-10,16H,5-8H2,1-2H3. The Kier molecular flexibility index (Phi) is 4.50. The van der Waals surface area contributed by atoms with Crippen LogP contribution in [-0.2, 0) is 0 Å². The summed E-state index contributed by atoms with van der Waals surface area (Å²) >= 11 is 0. The SMILES string of the molecule is COc1ccc(F)cc1C(=O)C(C)N1CCNCC1. The molecule has 104 valence electrons. The summed E-state index contributed by atoms with van der Waals surface area (Å²) in [7, 11) is 1.49. The second-order valence-corrected chi connectivity index (χ2v) is 4.67. The number of ketones is 1. The molecule has 0 bridgehead atoms. The summed E-state index contributed by atoms with van der Waals surface area (Å²) < 4.78 is 18.5. The molecule has 1 fully saturated rings. The lowest BCUT2D eigenvalue weighted by Crippen LogP contribution is -2.50. The fourth-order valence-electron chi connectivity index (χ4n) is 2.33. The first kappa shape index (κ1) is 14.0. The predicted octanol–water partition coefficient (Wildman–Crippen LogP) is 1.31. The zero-order valence-electron chi connectivity index (χ0n) is 11.3. The summed E-state index contributed by atoms with van der Waals surface area (Å²) in [6, 6.07) is 3.77. The first-order chi connectivity index (χ1) is 9.13. The van der Waals surface area contributed by atoms with E-state index < -0.39 is 5.82 Å². The molecule has 1 atom stereocenters. The van der Waals surface area contributed by atoms with E-state index >= 15 is 0 Å². The molecule has 0 aliphatic carbocycles. The summed E-state index contributed by atoms with van der Waals surface area (Å²) in [5.74, 6) is -0.0942. The van der Waals surface area contributed by atoms with Gasteiger partial charge in [-0.25, -0.2) is 4.39 Å². The molecule has 4 nitrogen and oxygen atoms in total. The number of Topliss-reactive ketones (excluding diaryl/α,β-unsaturated/α-hetero) is 1. The van der Waals surface area contributed by atoms with Crippen LogP contribution in [-0.4, -0.2) is 50.0 Å². The van der Waals surface area contributed by atoms with E-state index in [0.717, 1.165) is 26.2 Å². The lowest BCUT2D eigenvalue weighted by atomic mass is 10.0. The van der Waals surface area contributed by atoms with Crippen LogP contribution < -0.4 is 10.1 Å². The molecule has 1 heterocycles. The first-order valence-electron chi connectivity index (χ1n) is 6.46. The number of ether oxygens (including phenoxy) is 1. The summed E-state index contributed by atoms with van der Waals surface area (Å²) in [6.45, 7) is 5.25. The Hall–Kier alpha value is -1.46. The van der Waals surface area contributed by atoms with Crippen molar-refractivity contribution in [3.63, 3.8) is 0 Å². The van der Waals surface area contributed by atoms with Crippen molar-refractivity contribution in [1.82, 2.24) is 10.2 Å². The maximum atomic E-state index is 13.3. The van der Waals surface area contributed by atoms with E-state index in [-0.39, 0.29) is 11.8 Å². The monoisotopic (exact) mass is 266 g/mol. The lowest BCUT2D eigenvalue weighted by Gasteiger charge is -2.32. The molecule has 2 rings (SSSR count). The number of benzene rings is 1. The number of halogens is 1. The molecule has 0 radical (unpaired) electrons. The molecule has 1 aromatic rings. The summed E-state index contributed by atoms with van der Waals surface area (Å²) in [6.07, 6.45) is 0. The van der Waals surface area contributed by atoms with Gasteiger partial charge in [0, 0.05) is 26.2 Å². The highest BCUT2D eigenvalue weighted by molar-refractivity contribution is 6.02. The molecule has 1 N–H and O–H groups in total. The summed E-state index contributed by atoms with van der Waals surface area (Å²) in [5, 5.41) is 3.24. The fourth-order valence-corrected chi connectivity index (χ4v) is 2.33. The third-order valence-corrected chi connectivity index (χ3v) is 3.51. The number of nitrogens with zero attached hydrogens (tertiary/aromatic N) is 1. The van der Waals surface area contributed by atoms with E-state index in [1.54, 1.807) is 0 Å². The summed E-state index contributed by atoms with van der Waals surface area (Å²) in [5.41, 5.74) is 0.313. The Morgan fingerprint density at radius 3 is 2.74 bits per heavy atom. The number of nitrogens with one attached hydrogen (secondary N) is 1. The second-order valence-electron chi connectivity index (χ2n) is 4.67. The van der Waals surface area contributed by atoms with Crippen molar-refractivity contribution < 1.29 is 13.9 Å². The van der Waals surface area contributed by atoms with Gasteiger partial charge in [-0.3, -0.25) is 9.69 Å². The summed E-state index contributed by atoms with van der Waals surface area (Å²) in [4.78, 5) is 14.6. The van der Waals surface area contributed by atoms with Crippen LogP contribution in [0.2, 0.25) is 0 Å². The highest BCUT2D eigenvalue weighted by atomic mass is 19.1. The van der Waals surface area contributed by atoms with Gasteiger partial charge in [0.15, 0.2) is 5.78 Å². The Labute approximate surface area is 112 Å². The van der Waals surface area contributed by atoms with Crippen molar-refractivity contribution in [2.75, 3.05) is 33.3 Å². The molecule has 0 spiro atoms. The predicted molar refractivity (Wildman–Crippen MR) is 71.2 cm³/mol. The van der Waals surface area contributed by atoms with E-state index in [1.807, 2.05) is 6.92 Å². The van der Waals surface area contributed by atoms with Crippen molar-refractivity contribution in [1.29, 1.82) is 0 Å². The fraction of sp³-hybridized carbons (Fsp3) is 0.500. The van der Waals surface area contributed by atoms with Gasteiger partial charge in [0.05, 0.1) is 18.7 Å². The topological polar surface area (TPSA) is 41.6 Å². The number of hydrogen-bond donors (Lipinski definition) is 1. The van der Waals surface area contributed by atoms with Crippen LogP contribution in [0.3, 0.4) is 0 Å². The van der Waals surface area contributed by atoms with Gasteiger partial charge in [-0.1, -0.05) is 0 Å². The molecule has 0 amide bonds. The molecule has 0 saturated carbocycles. The zero-order chi connectivity index (χ0) is 13.8. The van der Waals surface area contributed by atoms with Gasteiger partial charge in [-0.15, -0.1) is 0 Å². The average molecular weight is 266 g/mol. The van der Waals surface area contributed by atoms with Gasteiger partial charge in [-0.05, 0) is 25.1 Å². The maximum Gasteiger partial charge on any atom is 0.183 e. The Balaban J connectivity index is 2.20. The largest absolute Gasteiger partial charge is 0.496 e. The number of piperazine rings is 1. The van der Waals surface area contributed by atoms with Crippen LogP contribution in [0.1, 0.15) is 17.3 Å². The molecule has 5 heteroatoms. The first-order valence-corrected chi connectivity index (χ1v) is 6.46. The van der Waals surface area contributed by atoms with E-state index in [4.69, 9.17) is 4.74 Å². The molecular formula is C14H19FN2O2. The van der Waals surface area contributed by atoms with E-state index in [0.29, 0.717) is 11.3 Å². The van der Waals surface area contributed by atoms with Crippen molar-refractivity contribution in [3.8, 4) is 5.75 Å². The quantitative estimate of drug-likeness (QED) is 0.834. The number of methoxy groups -OCH3 is 1. The van der Waals surface area contributed by atoms with Crippen molar-refractivity contribution in [2.45, 2.75) is 13.0 Å². The lowest BCUT2D eigenvalue weighted by molar-refractivity contribution is 0.0816. The number of carbonyl (C=O) groups is 1. The van der Waals surface area contributed by atoms with Gasteiger partial charge in [0.1, 0.15) is 11.6 Å². The molecular weight excluding hydrogens is 247 g/mol. The Morgan fingerprint density at radius 1 is 1.42 bits per heavy atom.